The number of halogens is 3. The van der Waals surface area contributed by atoms with E-state index in [9.17, 15) is 18.0 Å². The summed E-state index contributed by atoms with van der Waals surface area (Å²) in [5.41, 5.74) is 0.996. The molecule has 0 saturated carbocycles. The van der Waals surface area contributed by atoms with Crippen LogP contribution in [0.3, 0.4) is 0 Å². The van der Waals surface area contributed by atoms with E-state index >= 15 is 0 Å². The third-order valence-electron chi connectivity index (χ3n) is 3.76. The van der Waals surface area contributed by atoms with E-state index < -0.39 is 17.9 Å². The Labute approximate surface area is 135 Å². The topological polar surface area (TPSA) is 64.1 Å². The van der Waals surface area contributed by atoms with Crippen molar-refractivity contribution in [2.75, 3.05) is 13.2 Å². The van der Waals surface area contributed by atoms with Crippen LogP contribution in [0.25, 0.3) is 0 Å². The van der Waals surface area contributed by atoms with Gasteiger partial charge >= 0.3 is 6.18 Å². The number of nitrogens with zero attached hydrogens (tertiary/aromatic N) is 2. The number of para-hydroxylation sites is 1. The second-order valence-electron chi connectivity index (χ2n) is 5.38. The second kappa shape index (κ2) is 6.46. The van der Waals surface area contributed by atoms with Crippen molar-refractivity contribution in [1.82, 2.24) is 15.3 Å². The first kappa shape index (κ1) is 16.2. The summed E-state index contributed by atoms with van der Waals surface area (Å²) in [5.74, 6) is -0.889. The smallest absolute Gasteiger partial charge is 0.451 e. The van der Waals surface area contributed by atoms with E-state index in [0.29, 0.717) is 13.2 Å². The molecule has 0 radical (unpaired) electrons. The maximum Gasteiger partial charge on any atom is 0.451 e. The molecule has 0 unspecified atom stereocenters. The van der Waals surface area contributed by atoms with Crippen molar-refractivity contribution in [3.05, 3.63) is 53.6 Å². The van der Waals surface area contributed by atoms with Gasteiger partial charge in [-0.1, -0.05) is 18.2 Å². The first-order chi connectivity index (χ1) is 11.4. The second-order valence-corrected chi connectivity index (χ2v) is 5.38. The molecule has 1 aromatic carbocycles. The molecule has 5 nitrogen and oxygen atoms in total. The van der Waals surface area contributed by atoms with Gasteiger partial charge in [0.05, 0.1) is 12.2 Å². The van der Waals surface area contributed by atoms with Gasteiger partial charge in [0.2, 0.25) is 5.82 Å². The van der Waals surface area contributed by atoms with Crippen LogP contribution in [0.2, 0.25) is 0 Å². The lowest BCUT2D eigenvalue weighted by molar-refractivity contribution is -0.145. The highest BCUT2D eigenvalue weighted by Gasteiger charge is 2.34. The number of ether oxygens (including phenoxy) is 1. The summed E-state index contributed by atoms with van der Waals surface area (Å²) in [7, 11) is 0. The molecule has 126 valence electrons. The van der Waals surface area contributed by atoms with E-state index in [1.807, 2.05) is 24.3 Å². The van der Waals surface area contributed by atoms with Crippen molar-refractivity contribution in [3.8, 4) is 5.75 Å². The van der Waals surface area contributed by atoms with Crippen molar-refractivity contribution in [2.45, 2.75) is 18.5 Å². The Kier molecular flexibility index (Phi) is 4.37. The Morgan fingerprint density at radius 3 is 2.67 bits per heavy atom. The highest BCUT2D eigenvalue weighted by molar-refractivity contribution is 5.93. The third kappa shape index (κ3) is 3.47. The van der Waals surface area contributed by atoms with Gasteiger partial charge in [-0.25, -0.2) is 9.97 Å². The molecule has 1 aliphatic rings. The zero-order valence-corrected chi connectivity index (χ0v) is 12.5. The average molecular weight is 337 g/mol. The third-order valence-corrected chi connectivity index (χ3v) is 3.76. The van der Waals surface area contributed by atoms with Crippen LogP contribution in [-0.4, -0.2) is 29.0 Å². The molecule has 1 amide bonds. The number of nitrogens with one attached hydrogen (secondary N) is 1. The number of hydrogen-bond donors (Lipinski definition) is 1. The minimum atomic E-state index is -4.62. The van der Waals surface area contributed by atoms with Gasteiger partial charge in [0.15, 0.2) is 0 Å². The zero-order valence-electron chi connectivity index (χ0n) is 12.5. The van der Waals surface area contributed by atoms with Gasteiger partial charge in [-0.3, -0.25) is 4.79 Å². The first-order valence-electron chi connectivity index (χ1n) is 7.34. The Hall–Kier alpha value is -2.64. The minimum Gasteiger partial charge on any atom is -0.493 e. The molecule has 0 spiro atoms. The van der Waals surface area contributed by atoms with Gasteiger partial charge in [-0.15, -0.1) is 0 Å². The number of aromatic nitrogens is 2. The minimum absolute atomic E-state index is 0.0108. The fourth-order valence-electron chi connectivity index (χ4n) is 2.54. The number of rotatable bonds is 3. The lowest BCUT2D eigenvalue weighted by Crippen LogP contribution is -2.31. The highest BCUT2D eigenvalue weighted by atomic mass is 19.4. The molecule has 0 saturated heterocycles. The summed E-state index contributed by atoms with van der Waals surface area (Å²) in [6, 6.07) is 7.57. The molecular weight excluding hydrogens is 323 g/mol. The normalized spacial score (nSPS) is 16.9. The highest BCUT2D eigenvalue weighted by Crippen LogP contribution is 2.32. The molecular formula is C16H14F3N3O2. The SMILES string of the molecule is O=C(NC[C@@H]1CCOc2ccccc21)c1cnc(C(F)(F)F)nc1. The molecule has 0 fully saturated rings. The molecule has 24 heavy (non-hydrogen) atoms. The molecule has 2 aromatic rings. The van der Waals surface area contributed by atoms with Crippen LogP contribution in [-0.2, 0) is 6.18 Å². The standard InChI is InChI=1S/C16H14F3N3O2/c17-16(18,19)15-21-8-11(9-22-15)14(23)20-7-10-5-6-24-13-4-2-1-3-12(10)13/h1-4,8-10H,5-7H2,(H,20,23)/t10-/m0/s1. The number of carbonyl (C=O) groups excluding carboxylic acids is 1. The number of amides is 1. The van der Waals surface area contributed by atoms with Gasteiger partial charge in [-0.05, 0) is 18.1 Å². The molecule has 0 bridgehead atoms. The van der Waals surface area contributed by atoms with E-state index in [1.54, 1.807) is 0 Å². The van der Waals surface area contributed by atoms with E-state index in [1.165, 1.54) is 0 Å². The summed E-state index contributed by atoms with van der Waals surface area (Å²) < 4.78 is 42.8. The van der Waals surface area contributed by atoms with Crippen LogP contribution in [0.15, 0.2) is 36.7 Å². The summed E-state index contributed by atoms with van der Waals surface area (Å²) in [6.07, 6.45) is -2.12. The molecule has 8 heteroatoms. The van der Waals surface area contributed by atoms with Crippen LogP contribution in [0.1, 0.15) is 34.1 Å². The predicted octanol–water partition coefficient (Wildman–Crippen LogP) is 2.79. The number of hydrogen-bond acceptors (Lipinski definition) is 4. The Morgan fingerprint density at radius 2 is 1.96 bits per heavy atom. The summed E-state index contributed by atoms with van der Waals surface area (Å²) in [4.78, 5) is 18.4. The molecule has 3 rings (SSSR count). The molecule has 1 N–H and O–H groups in total. The van der Waals surface area contributed by atoms with Gasteiger partial charge in [-0.2, -0.15) is 13.2 Å². The Bertz CT molecular complexity index is 732. The summed E-state index contributed by atoms with van der Waals surface area (Å²) in [5, 5.41) is 2.71. The van der Waals surface area contributed by atoms with E-state index in [-0.39, 0.29) is 11.5 Å². The Morgan fingerprint density at radius 1 is 1.25 bits per heavy atom. The van der Waals surface area contributed by atoms with Gasteiger partial charge < -0.3 is 10.1 Å². The quantitative estimate of drug-likeness (QED) is 0.935. The lowest BCUT2D eigenvalue weighted by atomic mass is 9.93. The average Bonchev–Trinajstić information content (AvgIpc) is 2.59. The molecule has 0 aliphatic carbocycles. The maximum absolute atomic E-state index is 12.4. The van der Waals surface area contributed by atoms with Crippen LogP contribution in [0, 0.1) is 0 Å². The Balaban J connectivity index is 1.64. The largest absolute Gasteiger partial charge is 0.493 e. The van der Waals surface area contributed by atoms with E-state index in [4.69, 9.17) is 4.74 Å². The summed E-state index contributed by atoms with van der Waals surface area (Å²) >= 11 is 0. The monoisotopic (exact) mass is 337 g/mol. The van der Waals surface area contributed by atoms with Crippen LogP contribution in [0.4, 0.5) is 13.2 Å². The van der Waals surface area contributed by atoms with Crippen molar-refractivity contribution in [2.24, 2.45) is 0 Å². The number of benzene rings is 1. The maximum atomic E-state index is 12.4. The fourth-order valence-corrected chi connectivity index (χ4v) is 2.54. The van der Waals surface area contributed by atoms with Gasteiger partial charge in [0, 0.05) is 24.9 Å². The van der Waals surface area contributed by atoms with Crippen molar-refractivity contribution >= 4 is 5.91 Å². The molecule has 1 atom stereocenters. The van der Waals surface area contributed by atoms with E-state index in [0.717, 1.165) is 30.1 Å². The van der Waals surface area contributed by atoms with Gasteiger partial charge in [0.1, 0.15) is 5.75 Å². The van der Waals surface area contributed by atoms with Crippen molar-refractivity contribution in [1.29, 1.82) is 0 Å². The molecule has 1 aliphatic heterocycles. The summed E-state index contributed by atoms with van der Waals surface area (Å²) in [6.45, 7) is 0.918. The van der Waals surface area contributed by atoms with Crippen molar-refractivity contribution < 1.29 is 22.7 Å². The van der Waals surface area contributed by atoms with Crippen LogP contribution >= 0.6 is 0 Å². The fraction of sp³-hybridized carbons (Fsp3) is 0.312. The number of fused-ring (bicyclic) bond motifs is 1. The molecule has 2 heterocycles. The van der Waals surface area contributed by atoms with Crippen molar-refractivity contribution in [3.63, 3.8) is 0 Å². The van der Waals surface area contributed by atoms with Crippen LogP contribution < -0.4 is 10.1 Å². The predicted molar refractivity (Wildman–Crippen MR) is 78.7 cm³/mol. The first-order valence-corrected chi connectivity index (χ1v) is 7.34. The number of carbonyl (C=O) groups is 1. The molecule has 1 aromatic heterocycles. The van der Waals surface area contributed by atoms with E-state index in [2.05, 4.69) is 15.3 Å². The lowest BCUT2D eigenvalue weighted by Gasteiger charge is -2.26. The van der Waals surface area contributed by atoms with Crippen LogP contribution in [0.5, 0.6) is 5.75 Å². The zero-order chi connectivity index (χ0) is 17.2. The number of alkyl halides is 3. The van der Waals surface area contributed by atoms with Gasteiger partial charge in [0.25, 0.3) is 5.91 Å².